The average Bonchev–Trinajstić information content (AvgIpc) is 2.94. The highest BCUT2D eigenvalue weighted by Crippen LogP contribution is 2.07. The van der Waals surface area contributed by atoms with Crippen LogP contribution in [0, 0.1) is 0 Å². The third-order valence-corrected chi connectivity index (χ3v) is 2.99. The van der Waals surface area contributed by atoms with Crippen LogP contribution < -0.4 is 5.43 Å². The van der Waals surface area contributed by atoms with Crippen LogP contribution >= 0.6 is 0 Å². The number of furan rings is 1. The van der Waals surface area contributed by atoms with Gasteiger partial charge >= 0.3 is 5.91 Å². The van der Waals surface area contributed by atoms with Crippen LogP contribution in [0.5, 0.6) is 0 Å². The fourth-order valence-corrected chi connectivity index (χ4v) is 1.83. The second kappa shape index (κ2) is 9.36. The molecular formula is C15H24N2O2. The molecule has 0 saturated carbocycles. The molecule has 0 spiro atoms. The molecule has 0 unspecified atom stereocenters. The first-order valence-corrected chi connectivity index (χ1v) is 7.11. The van der Waals surface area contributed by atoms with Crippen LogP contribution in [0.1, 0.15) is 69.3 Å². The molecule has 0 aliphatic rings. The number of hydrogen-bond donors (Lipinski definition) is 1. The first-order valence-electron chi connectivity index (χ1n) is 7.11. The van der Waals surface area contributed by atoms with Gasteiger partial charge in [-0.15, -0.1) is 0 Å². The Morgan fingerprint density at radius 1 is 1.26 bits per heavy atom. The zero-order chi connectivity index (χ0) is 13.9. The Morgan fingerprint density at radius 3 is 2.68 bits per heavy atom. The number of amides is 1. The summed E-state index contributed by atoms with van der Waals surface area (Å²) in [5.41, 5.74) is 3.46. The molecule has 1 amide bonds. The molecule has 0 bridgehead atoms. The van der Waals surface area contributed by atoms with Crippen molar-refractivity contribution in [1.82, 2.24) is 5.43 Å². The normalized spacial score (nSPS) is 11.6. The summed E-state index contributed by atoms with van der Waals surface area (Å²) >= 11 is 0. The van der Waals surface area contributed by atoms with Crippen molar-refractivity contribution in [2.24, 2.45) is 5.10 Å². The summed E-state index contributed by atoms with van der Waals surface area (Å²) in [6, 6.07) is 3.30. The van der Waals surface area contributed by atoms with Gasteiger partial charge in [-0.25, -0.2) is 5.43 Å². The molecule has 19 heavy (non-hydrogen) atoms. The molecule has 0 radical (unpaired) electrons. The summed E-state index contributed by atoms with van der Waals surface area (Å²) < 4.78 is 4.98. The standard InChI is InChI=1S/C15H24N2O2/c1-3-4-5-6-7-8-10-13(2)16-17-15(18)14-11-9-12-19-14/h9,11-12H,3-8,10H2,1-2H3,(H,17,18). The quantitative estimate of drug-likeness (QED) is 0.414. The van der Waals surface area contributed by atoms with E-state index in [1.165, 1.54) is 38.4 Å². The summed E-state index contributed by atoms with van der Waals surface area (Å²) in [6.45, 7) is 4.16. The zero-order valence-electron chi connectivity index (χ0n) is 11.9. The Kier molecular flexibility index (Phi) is 7.63. The average molecular weight is 264 g/mol. The van der Waals surface area contributed by atoms with Gasteiger partial charge in [0.25, 0.3) is 0 Å². The molecule has 1 heterocycles. The summed E-state index contributed by atoms with van der Waals surface area (Å²) in [6.07, 6.45) is 9.99. The lowest BCUT2D eigenvalue weighted by atomic mass is 10.1. The first kappa shape index (κ1) is 15.5. The molecule has 106 valence electrons. The van der Waals surface area contributed by atoms with E-state index in [9.17, 15) is 4.79 Å². The van der Waals surface area contributed by atoms with Crippen molar-refractivity contribution < 1.29 is 9.21 Å². The maximum Gasteiger partial charge on any atom is 0.307 e. The number of rotatable bonds is 9. The maximum atomic E-state index is 11.5. The lowest BCUT2D eigenvalue weighted by Gasteiger charge is -2.02. The molecule has 1 N–H and O–H groups in total. The molecular weight excluding hydrogens is 240 g/mol. The van der Waals surface area contributed by atoms with Crippen LogP contribution in [0.15, 0.2) is 27.9 Å². The van der Waals surface area contributed by atoms with Crippen molar-refractivity contribution >= 4 is 11.6 Å². The zero-order valence-corrected chi connectivity index (χ0v) is 11.9. The van der Waals surface area contributed by atoms with Crippen LogP contribution in [0.3, 0.4) is 0 Å². The smallest absolute Gasteiger partial charge is 0.307 e. The van der Waals surface area contributed by atoms with E-state index in [1.807, 2.05) is 6.92 Å². The van der Waals surface area contributed by atoms with Crippen LogP contribution in [-0.4, -0.2) is 11.6 Å². The molecule has 4 heteroatoms. The summed E-state index contributed by atoms with van der Waals surface area (Å²) in [4.78, 5) is 11.5. The lowest BCUT2D eigenvalue weighted by molar-refractivity contribution is 0.0927. The minimum atomic E-state index is -0.299. The van der Waals surface area contributed by atoms with Gasteiger partial charge in [-0.3, -0.25) is 4.79 Å². The molecule has 0 aromatic carbocycles. The molecule has 0 aliphatic heterocycles. The fraction of sp³-hybridized carbons (Fsp3) is 0.600. The second-order valence-electron chi connectivity index (χ2n) is 4.78. The van der Waals surface area contributed by atoms with Gasteiger partial charge in [0.05, 0.1) is 6.26 Å². The Labute approximate surface area is 115 Å². The molecule has 1 rings (SSSR count). The number of carbonyl (C=O) groups excluding carboxylic acids is 1. The molecule has 1 aromatic heterocycles. The van der Waals surface area contributed by atoms with Crippen molar-refractivity contribution in [3.8, 4) is 0 Å². The number of hydrazone groups is 1. The SMILES string of the molecule is CCCCCCCCC(C)=NNC(=O)c1ccco1. The van der Waals surface area contributed by atoms with Crippen LogP contribution in [0.4, 0.5) is 0 Å². The predicted molar refractivity (Wildman–Crippen MR) is 77.3 cm³/mol. The highest BCUT2D eigenvalue weighted by atomic mass is 16.3. The molecule has 0 atom stereocenters. The van der Waals surface area contributed by atoms with Gasteiger partial charge in [0.15, 0.2) is 5.76 Å². The van der Waals surface area contributed by atoms with E-state index in [2.05, 4.69) is 17.5 Å². The fourth-order valence-electron chi connectivity index (χ4n) is 1.83. The Balaban J connectivity index is 2.13. The Hall–Kier alpha value is -1.58. The van der Waals surface area contributed by atoms with E-state index in [1.54, 1.807) is 12.1 Å². The number of hydrogen-bond acceptors (Lipinski definition) is 3. The van der Waals surface area contributed by atoms with E-state index >= 15 is 0 Å². The second-order valence-corrected chi connectivity index (χ2v) is 4.78. The van der Waals surface area contributed by atoms with Gasteiger partial charge in [-0.1, -0.05) is 39.0 Å². The van der Waals surface area contributed by atoms with Gasteiger partial charge < -0.3 is 4.42 Å². The minimum Gasteiger partial charge on any atom is -0.459 e. The van der Waals surface area contributed by atoms with E-state index in [4.69, 9.17) is 4.42 Å². The van der Waals surface area contributed by atoms with Gasteiger partial charge in [0, 0.05) is 5.71 Å². The van der Waals surface area contributed by atoms with Crippen molar-refractivity contribution in [2.75, 3.05) is 0 Å². The number of nitrogens with one attached hydrogen (secondary N) is 1. The summed E-state index contributed by atoms with van der Waals surface area (Å²) in [7, 11) is 0. The monoisotopic (exact) mass is 264 g/mol. The highest BCUT2D eigenvalue weighted by molar-refractivity contribution is 5.92. The van der Waals surface area contributed by atoms with Crippen molar-refractivity contribution in [3.63, 3.8) is 0 Å². The molecule has 0 saturated heterocycles. The molecule has 0 aliphatic carbocycles. The topological polar surface area (TPSA) is 54.6 Å². The van der Waals surface area contributed by atoms with Crippen LogP contribution in [-0.2, 0) is 0 Å². The van der Waals surface area contributed by atoms with Gasteiger partial charge in [0.2, 0.25) is 0 Å². The number of nitrogens with zero attached hydrogens (tertiary/aromatic N) is 1. The Bertz CT molecular complexity index is 383. The predicted octanol–water partition coefficient (Wildman–Crippen LogP) is 4.14. The summed E-state index contributed by atoms with van der Waals surface area (Å²) in [5, 5.41) is 4.07. The first-order chi connectivity index (χ1) is 9.24. The van der Waals surface area contributed by atoms with E-state index in [0.29, 0.717) is 0 Å². The molecule has 0 fully saturated rings. The van der Waals surface area contributed by atoms with Gasteiger partial charge in [-0.05, 0) is 31.9 Å². The lowest BCUT2D eigenvalue weighted by Crippen LogP contribution is -2.18. The molecule has 1 aromatic rings. The van der Waals surface area contributed by atoms with Gasteiger partial charge in [-0.2, -0.15) is 5.10 Å². The van der Waals surface area contributed by atoms with Crippen molar-refractivity contribution in [2.45, 2.75) is 58.8 Å². The largest absolute Gasteiger partial charge is 0.459 e. The summed E-state index contributed by atoms with van der Waals surface area (Å²) in [5.74, 6) is -0.0107. The van der Waals surface area contributed by atoms with E-state index in [0.717, 1.165) is 18.6 Å². The number of carbonyl (C=O) groups is 1. The van der Waals surface area contributed by atoms with Crippen LogP contribution in [0.2, 0.25) is 0 Å². The highest BCUT2D eigenvalue weighted by Gasteiger charge is 2.06. The van der Waals surface area contributed by atoms with Crippen molar-refractivity contribution in [3.05, 3.63) is 24.2 Å². The van der Waals surface area contributed by atoms with Crippen LogP contribution in [0.25, 0.3) is 0 Å². The third kappa shape index (κ3) is 6.79. The molecule has 4 nitrogen and oxygen atoms in total. The number of unbranched alkanes of at least 4 members (excludes halogenated alkanes) is 5. The van der Waals surface area contributed by atoms with E-state index in [-0.39, 0.29) is 11.7 Å². The van der Waals surface area contributed by atoms with E-state index < -0.39 is 0 Å². The third-order valence-electron chi connectivity index (χ3n) is 2.99. The Morgan fingerprint density at radius 2 is 2.00 bits per heavy atom. The van der Waals surface area contributed by atoms with Crippen molar-refractivity contribution in [1.29, 1.82) is 0 Å². The maximum absolute atomic E-state index is 11.5. The van der Waals surface area contributed by atoms with Gasteiger partial charge in [0.1, 0.15) is 0 Å². The minimum absolute atomic E-state index is 0.288.